The van der Waals surface area contributed by atoms with Crippen molar-refractivity contribution in [1.29, 1.82) is 0 Å². The molecule has 1 aromatic heterocycles. The molecule has 0 spiro atoms. The predicted octanol–water partition coefficient (Wildman–Crippen LogP) is 2.06. The third-order valence-electron chi connectivity index (χ3n) is 4.42. The van der Waals surface area contributed by atoms with Gasteiger partial charge in [0, 0.05) is 57.1 Å². The van der Waals surface area contributed by atoms with Crippen molar-refractivity contribution in [2.24, 2.45) is 13.0 Å². The highest BCUT2D eigenvalue weighted by atomic mass is 15.3. The topological polar surface area (TPSA) is 33.1 Å². The Morgan fingerprint density at radius 1 is 1.45 bits per heavy atom. The molecule has 0 radical (unpaired) electrons. The van der Waals surface area contributed by atoms with Crippen molar-refractivity contribution in [3.63, 3.8) is 0 Å². The van der Waals surface area contributed by atoms with Crippen LogP contribution in [0.25, 0.3) is 0 Å². The van der Waals surface area contributed by atoms with Crippen LogP contribution in [0.1, 0.15) is 39.3 Å². The summed E-state index contributed by atoms with van der Waals surface area (Å²) in [4.78, 5) is 2.68. The fraction of sp³-hybridized carbons (Fsp3) is 0.812. The zero-order chi connectivity index (χ0) is 14.5. The van der Waals surface area contributed by atoms with Crippen molar-refractivity contribution in [2.45, 2.75) is 52.1 Å². The number of rotatable bonds is 6. The molecular formula is C16H30N4. The molecule has 1 N–H and O–H groups in total. The van der Waals surface area contributed by atoms with Gasteiger partial charge in [0.15, 0.2) is 0 Å². The summed E-state index contributed by atoms with van der Waals surface area (Å²) >= 11 is 0. The zero-order valence-corrected chi connectivity index (χ0v) is 13.5. The molecule has 114 valence electrons. The minimum absolute atomic E-state index is 0.657. The fourth-order valence-electron chi connectivity index (χ4n) is 3.24. The standard InChI is InChI=1S/C16H30N4/c1-5-15-11-17-14(10-13(2)3)12-20(15)9-7-16-6-8-18-19(16)4/h6,8,13-15,17H,5,7,9-12H2,1-4H3. The Kier molecular flexibility index (Phi) is 5.61. The number of aromatic nitrogens is 2. The first kappa shape index (κ1) is 15.5. The smallest absolute Gasteiger partial charge is 0.0492 e. The Morgan fingerprint density at radius 3 is 2.85 bits per heavy atom. The molecule has 0 aromatic carbocycles. The molecule has 0 saturated carbocycles. The van der Waals surface area contributed by atoms with Gasteiger partial charge in [-0.1, -0.05) is 20.8 Å². The Labute approximate surface area is 123 Å². The first-order valence-corrected chi connectivity index (χ1v) is 8.04. The summed E-state index contributed by atoms with van der Waals surface area (Å²) in [6, 6.07) is 3.48. The van der Waals surface area contributed by atoms with E-state index in [2.05, 4.69) is 42.2 Å². The highest BCUT2D eigenvalue weighted by Crippen LogP contribution is 2.16. The summed E-state index contributed by atoms with van der Waals surface area (Å²) in [6.07, 6.45) is 5.50. The Hall–Kier alpha value is -0.870. The molecule has 20 heavy (non-hydrogen) atoms. The number of hydrogen-bond acceptors (Lipinski definition) is 3. The lowest BCUT2D eigenvalue weighted by Crippen LogP contribution is -2.56. The van der Waals surface area contributed by atoms with Gasteiger partial charge >= 0.3 is 0 Å². The normalized spacial score (nSPS) is 24.4. The van der Waals surface area contributed by atoms with Gasteiger partial charge in [-0.3, -0.25) is 9.58 Å². The van der Waals surface area contributed by atoms with Crippen LogP contribution >= 0.6 is 0 Å². The van der Waals surface area contributed by atoms with E-state index >= 15 is 0 Å². The largest absolute Gasteiger partial charge is 0.311 e. The van der Waals surface area contributed by atoms with Crippen molar-refractivity contribution in [1.82, 2.24) is 20.0 Å². The van der Waals surface area contributed by atoms with Gasteiger partial charge < -0.3 is 5.32 Å². The molecule has 0 amide bonds. The second-order valence-electron chi connectivity index (χ2n) is 6.49. The van der Waals surface area contributed by atoms with Gasteiger partial charge in [-0.15, -0.1) is 0 Å². The van der Waals surface area contributed by atoms with Crippen LogP contribution in [0.5, 0.6) is 0 Å². The van der Waals surface area contributed by atoms with E-state index in [4.69, 9.17) is 0 Å². The summed E-state index contributed by atoms with van der Waals surface area (Å²) in [6.45, 7) is 10.4. The Morgan fingerprint density at radius 2 is 2.25 bits per heavy atom. The molecule has 0 aliphatic carbocycles. The number of piperazine rings is 1. The van der Waals surface area contributed by atoms with Gasteiger partial charge in [0.05, 0.1) is 0 Å². The molecule has 1 saturated heterocycles. The van der Waals surface area contributed by atoms with E-state index < -0.39 is 0 Å². The minimum atomic E-state index is 0.657. The third-order valence-corrected chi connectivity index (χ3v) is 4.42. The van der Waals surface area contributed by atoms with Crippen molar-refractivity contribution < 1.29 is 0 Å². The fourth-order valence-corrected chi connectivity index (χ4v) is 3.24. The Bertz CT molecular complexity index is 399. The van der Waals surface area contributed by atoms with Crippen LogP contribution in [0.4, 0.5) is 0 Å². The van der Waals surface area contributed by atoms with Crippen LogP contribution in [0.3, 0.4) is 0 Å². The van der Waals surface area contributed by atoms with E-state index in [-0.39, 0.29) is 0 Å². The lowest BCUT2D eigenvalue weighted by molar-refractivity contribution is 0.119. The molecule has 1 aromatic rings. The van der Waals surface area contributed by atoms with Gasteiger partial charge in [0.2, 0.25) is 0 Å². The average Bonchev–Trinajstić information content (AvgIpc) is 2.81. The quantitative estimate of drug-likeness (QED) is 0.864. The molecule has 2 unspecified atom stereocenters. The molecule has 1 aliphatic rings. The van der Waals surface area contributed by atoms with Gasteiger partial charge in [0.25, 0.3) is 0 Å². The van der Waals surface area contributed by atoms with Crippen molar-refractivity contribution >= 4 is 0 Å². The van der Waals surface area contributed by atoms with E-state index in [0.717, 1.165) is 25.4 Å². The molecule has 0 bridgehead atoms. The van der Waals surface area contributed by atoms with E-state index in [1.54, 1.807) is 0 Å². The molecule has 1 aliphatic heterocycles. The molecule has 2 heterocycles. The molecule has 4 nitrogen and oxygen atoms in total. The van der Waals surface area contributed by atoms with Crippen LogP contribution in [0.2, 0.25) is 0 Å². The number of aryl methyl sites for hydroxylation is 1. The summed E-state index contributed by atoms with van der Waals surface area (Å²) in [5.41, 5.74) is 1.33. The number of hydrogen-bond donors (Lipinski definition) is 1. The highest BCUT2D eigenvalue weighted by Gasteiger charge is 2.26. The lowest BCUT2D eigenvalue weighted by atomic mass is 9.98. The van der Waals surface area contributed by atoms with Gasteiger partial charge in [0.1, 0.15) is 0 Å². The van der Waals surface area contributed by atoms with Crippen molar-refractivity contribution in [2.75, 3.05) is 19.6 Å². The SMILES string of the molecule is CCC1CNC(CC(C)C)CN1CCc1ccnn1C. The minimum Gasteiger partial charge on any atom is -0.311 e. The van der Waals surface area contributed by atoms with E-state index in [1.807, 2.05) is 17.9 Å². The maximum absolute atomic E-state index is 4.26. The van der Waals surface area contributed by atoms with Crippen LogP contribution in [-0.2, 0) is 13.5 Å². The zero-order valence-electron chi connectivity index (χ0n) is 13.5. The maximum Gasteiger partial charge on any atom is 0.0492 e. The molecule has 4 heteroatoms. The summed E-state index contributed by atoms with van der Waals surface area (Å²) < 4.78 is 1.99. The lowest BCUT2D eigenvalue weighted by Gasteiger charge is -2.40. The predicted molar refractivity (Wildman–Crippen MR) is 83.8 cm³/mol. The third kappa shape index (κ3) is 4.06. The van der Waals surface area contributed by atoms with Crippen LogP contribution in [-0.4, -0.2) is 46.4 Å². The van der Waals surface area contributed by atoms with E-state index in [9.17, 15) is 0 Å². The Balaban J connectivity index is 1.90. The molecule has 2 rings (SSSR count). The van der Waals surface area contributed by atoms with Gasteiger partial charge in [-0.2, -0.15) is 5.10 Å². The highest BCUT2D eigenvalue weighted by molar-refractivity contribution is 5.01. The molecule has 1 fully saturated rings. The second kappa shape index (κ2) is 7.23. The first-order valence-electron chi connectivity index (χ1n) is 8.04. The summed E-state index contributed by atoms with van der Waals surface area (Å²) in [5.74, 6) is 0.768. The van der Waals surface area contributed by atoms with Crippen LogP contribution in [0, 0.1) is 5.92 Å². The first-order chi connectivity index (χ1) is 9.60. The van der Waals surface area contributed by atoms with E-state index in [0.29, 0.717) is 12.1 Å². The van der Waals surface area contributed by atoms with Crippen LogP contribution in [0.15, 0.2) is 12.3 Å². The maximum atomic E-state index is 4.26. The van der Waals surface area contributed by atoms with Crippen molar-refractivity contribution in [3.8, 4) is 0 Å². The van der Waals surface area contributed by atoms with Gasteiger partial charge in [-0.25, -0.2) is 0 Å². The molecular weight excluding hydrogens is 248 g/mol. The summed E-state index contributed by atoms with van der Waals surface area (Å²) in [7, 11) is 2.03. The molecule has 2 atom stereocenters. The second-order valence-corrected chi connectivity index (χ2v) is 6.49. The van der Waals surface area contributed by atoms with Gasteiger partial charge in [-0.05, 0) is 24.8 Å². The monoisotopic (exact) mass is 278 g/mol. The number of nitrogens with one attached hydrogen (secondary N) is 1. The average molecular weight is 278 g/mol. The van der Waals surface area contributed by atoms with Crippen molar-refractivity contribution in [3.05, 3.63) is 18.0 Å². The van der Waals surface area contributed by atoms with E-state index in [1.165, 1.54) is 25.1 Å². The number of nitrogens with zero attached hydrogens (tertiary/aromatic N) is 3. The summed E-state index contributed by atoms with van der Waals surface area (Å²) in [5, 5.41) is 7.99. The van der Waals surface area contributed by atoms with Crippen LogP contribution < -0.4 is 5.32 Å².